The third-order valence-electron chi connectivity index (χ3n) is 5.31. The van der Waals surface area contributed by atoms with Gasteiger partial charge in [0.1, 0.15) is 0 Å². The molecule has 152 valence electrons. The zero-order valence-corrected chi connectivity index (χ0v) is 17.1. The van der Waals surface area contributed by atoms with Crippen molar-refractivity contribution in [2.45, 2.75) is 5.60 Å². The minimum Gasteiger partial charge on any atom is -0.376 e. The minimum atomic E-state index is -1.40. The van der Waals surface area contributed by atoms with Crippen LogP contribution in [0.1, 0.15) is 10.4 Å². The molecule has 6 nitrogen and oxygen atoms in total. The Balaban J connectivity index is 1.39. The van der Waals surface area contributed by atoms with Crippen molar-refractivity contribution in [1.29, 1.82) is 0 Å². The first kappa shape index (κ1) is 20.2. The monoisotopic (exact) mass is 434 g/mol. The third kappa shape index (κ3) is 3.98. The van der Waals surface area contributed by atoms with Gasteiger partial charge in [0.2, 0.25) is 0 Å². The summed E-state index contributed by atoms with van der Waals surface area (Å²) in [5.74, 6) is -0.406. The van der Waals surface area contributed by atoms with Crippen molar-refractivity contribution in [2.75, 3.05) is 39.4 Å². The topological polar surface area (TPSA) is 70.1 Å². The fraction of sp³-hybridized carbons (Fsp3) is 0.333. The summed E-state index contributed by atoms with van der Waals surface area (Å²) in [6.07, 6.45) is 0. The van der Waals surface area contributed by atoms with Crippen LogP contribution in [0, 0.1) is 0 Å². The van der Waals surface area contributed by atoms with Crippen molar-refractivity contribution in [1.82, 2.24) is 9.80 Å². The van der Waals surface area contributed by atoms with E-state index < -0.39 is 5.60 Å². The largest absolute Gasteiger partial charge is 0.376 e. The third-order valence-corrected chi connectivity index (χ3v) is 5.86. The van der Waals surface area contributed by atoms with E-state index in [2.05, 4.69) is 0 Å². The van der Waals surface area contributed by atoms with Gasteiger partial charge in [-0.3, -0.25) is 9.59 Å². The predicted molar refractivity (Wildman–Crippen MR) is 110 cm³/mol. The molecular weight excluding hydrogens is 415 g/mol. The summed E-state index contributed by atoms with van der Waals surface area (Å²) in [5.41, 5.74) is 0.921. The number of carbonyl (C=O) groups is 2. The molecule has 0 aromatic heterocycles. The van der Waals surface area contributed by atoms with Gasteiger partial charge < -0.3 is 19.6 Å². The van der Waals surface area contributed by atoms with Crippen LogP contribution < -0.4 is 0 Å². The van der Waals surface area contributed by atoms with Crippen LogP contribution in [-0.4, -0.2) is 71.7 Å². The Morgan fingerprint density at radius 2 is 1.55 bits per heavy atom. The number of benzene rings is 2. The Bertz CT molecular complexity index is 936. The smallest absolute Gasteiger partial charge is 0.259 e. The Kier molecular flexibility index (Phi) is 5.53. The van der Waals surface area contributed by atoms with Crippen LogP contribution >= 0.6 is 23.2 Å². The van der Waals surface area contributed by atoms with Crippen molar-refractivity contribution in [3.63, 3.8) is 0 Å². The van der Waals surface area contributed by atoms with E-state index in [1.165, 1.54) is 0 Å². The zero-order chi connectivity index (χ0) is 20.6. The summed E-state index contributed by atoms with van der Waals surface area (Å²) in [7, 11) is 0. The van der Waals surface area contributed by atoms with Crippen molar-refractivity contribution in [3.8, 4) is 11.1 Å². The molecule has 0 spiro atoms. The van der Waals surface area contributed by atoms with E-state index >= 15 is 0 Å². The predicted octanol–water partition coefficient (Wildman–Crippen LogP) is 2.71. The standard InChI is InChI=1S/C21H20Cl2N2O4/c22-16-5-6-17(18(23)11-16)14-1-3-15(4-2-14)19(26)24-7-9-25(10-8-24)20(27)21(28)12-29-13-21/h1-6,11,28H,7-10,12-13H2. The zero-order valence-electron chi connectivity index (χ0n) is 15.6. The lowest BCUT2D eigenvalue weighted by molar-refractivity contribution is -0.201. The summed E-state index contributed by atoms with van der Waals surface area (Å²) >= 11 is 12.2. The second kappa shape index (κ2) is 7.95. The molecule has 0 bridgehead atoms. The molecule has 0 radical (unpaired) electrons. The van der Waals surface area contributed by atoms with Crippen LogP contribution in [0.3, 0.4) is 0 Å². The summed E-state index contributed by atoms with van der Waals surface area (Å²) in [4.78, 5) is 28.5. The number of halogens is 2. The molecular formula is C21H20Cl2N2O4. The maximum absolute atomic E-state index is 12.8. The fourth-order valence-electron chi connectivity index (χ4n) is 3.52. The number of hydrogen-bond donors (Lipinski definition) is 1. The normalized spacial score (nSPS) is 18.3. The molecule has 2 aromatic rings. The molecule has 0 aliphatic carbocycles. The van der Waals surface area contributed by atoms with E-state index in [0.29, 0.717) is 41.8 Å². The minimum absolute atomic E-state index is 0.0367. The quantitative estimate of drug-likeness (QED) is 0.805. The molecule has 2 saturated heterocycles. The van der Waals surface area contributed by atoms with Crippen LogP contribution in [0.4, 0.5) is 0 Å². The van der Waals surface area contributed by atoms with Gasteiger partial charge in [0.15, 0.2) is 5.60 Å². The lowest BCUT2D eigenvalue weighted by atomic mass is 10.00. The molecule has 2 heterocycles. The molecule has 0 saturated carbocycles. The van der Waals surface area contributed by atoms with Crippen LogP contribution in [0.5, 0.6) is 0 Å². The average Bonchev–Trinajstić information content (AvgIpc) is 2.71. The molecule has 2 aromatic carbocycles. The van der Waals surface area contributed by atoms with Gasteiger partial charge in [0.25, 0.3) is 11.8 Å². The second-order valence-electron chi connectivity index (χ2n) is 7.31. The molecule has 8 heteroatoms. The molecule has 0 unspecified atom stereocenters. The lowest BCUT2D eigenvalue weighted by Crippen LogP contribution is -2.64. The Hall–Kier alpha value is -2.12. The Morgan fingerprint density at radius 1 is 0.931 bits per heavy atom. The lowest BCUT2D eigenvalue weighted by Gasteiger charge is -2.42. The molecule has 2 aliphatic heterocycles. The van der Waals surface area contributed by atoms with E-state index in [4.69, 9.17) is 27.9 Å². The van der Waals surface area contributed by atoms with Gasteiger partial charge >= 0.3 is 0 Å². The van der Waals surface area contributed by atoms with E-state index in [-0.39, 0.29) is 25.0 Å². The number of amides is 2. The van der Waals surface area contributed by atoms with Gasteiger partial charge in [0.05, 0.1) is 13.2 Å². The molecule has 29 heavy (non-hydrogen) atoms. The molecule has 1 N–H and O–H groups in total. The van der Waals surface area contributed by atoms with E-state index in [0.717, 1.165) is 11.1 Å². The number of carbonyl (C=O) groups excluding carboxylic acids is 2. The van der Waals surface area contributed by atoms with Gasteiger partial charge in [0, 0.05) is 47.4 Å². The first-order valence-corrected chi connectivity index (χ1v) is 10.1. The van der Waals surface area contributed by atoms with Crippen molar-refractivity contribution >= 4 is 35.0 Å². The van der Waals surface area contributed by atoms with Gasteiger partial charge in [-0.2, -0.15) is 0 Å². The van der Waals surface area contributed by atoms with Crippen LogP contribution in [0.2, 0.25) is 10.0 Å². The average molecular weight is 435 g/mol. The van der Waals surface area contributed by atoms with E-state index in [1.54, 1.807) is 34.1 Å². The summed E-state index contributed by atoms with van der Waals surface area (Å²) < 4.78 is 4.94. The highest BCUT2D eigenvalue weighted by Crippen LogP contribution is 2.30. The maximum atomic E-state index is 12.8. The van der Waals surface area contributed by atoms with Crippen molar-refractivity contribution in [2.24, 2.45) is 0 Å². The van der Waals surface area contributed by atoms with Crippen LogP contribution in [-0.2, 0) is 9.53 Å². The second-order valence-corrected chi connectivity index (χ2v) is 8.15. The van der Waals surface area contributed by atoms with Gasteiger partial charge in [-0.25, -0.2) is 0 Å². The summed E-state index contributed by atoms with van der Waals surface area (Å²) in [5, 5.41) is 11.2. The molecule has 2 amide bonds. The van der Waals surface area contributed by atoms with Gasteiger partial charge in [-0.15, -0.1) is 0 Å². The maximum Gasteiger partial charge on any atom is 0.259 e. The summed E-state index contributed by atoms with van der Waals surface area (Å²) in [6.45, 7) is 1.71. The number of nitrogens with zero attached hydrogens (tertiary/aromatic N) is 2. The number of rotatable bonds is 3. The molecule has 2 aliphatic rings. The Morgan fingerprint density at radius 3 is 2.10 bits per heavy atom. The summed E-state index contributed by atoms with van der Waals surface area (Å²) in [6, 6.07) is 12.6. The van der Waals surface area contributed by atoms with E-state index in [1.807, 2.05) is 18.2 Å². The molecule has 2 fully saturated rings. The number of ether oxygens (including phenoxy) is 1. The fourth-order valence-corrected chi connectivity index (χ4v) is 4.04. The number of hydrogen-bond acceptors (Lipinski definition) is 4. The van der Waals surface area contributed by atoms with Gasteiger partial charge in [-0.05, 0) is 29.8 Å². The van der Waals surface area contributed by atoms with Crippen LogP contribution in [0.15, 0.2) is 42.5 Å². The number of aliphatic hydroxyl groups is 1. The van der Waals surface area contributed by atoms with E-state index in [9.17, 15) is 14.7 Å². The highest BCUT2D eigenvalue weighted by atomic mass is 35.5. The first-order valence-electron chi connectivity index (χ1n) is 9.32. The number of piperazine rings is 1. The SMILES string of the molecule is O=C(c1ccc(-c2ccc(Cl)cc2Cl)cc1)N1CCN(C(=O)C2(O)COC2)CC1. The Labute approximate surface area is 178 Å². The van der Waals surface area contributed by atoms with Crippen LogP contribution in [0.25, 0.3) is 11.1 Å². The first-order chi connectivity index (χ1) is 13.9. The molecule has 4 rings (SSSR count). The highest BCUT2D eigenvalue weighted by Gasteiger charge is 2.46. The van der Waals surface area contributed by atoms with Crippen molar-refractivity contribution < 1.29 is 19.4 Å². The van der Waals surface area contributed by atoms with Crippen molar-refractivity contribution in [3.05, 3.63) is 58.1 Å². The molecule has 0 atom stereocenters. The highest BCUT2D eigenvalue weighted by molar-refractivity contribution is 6.36. The van der Waals surface area contributed by atoms with Gasteiger partial charge in [-0.1, -0.05) is 41.4 Å².